The van der Waals surface area contributed by atoms with Gasteiger partial charge >= 0.3 is 0 Å². The third-order valence-corrected chi connectivity index (χ3v) is 5.04. The first-order chi connectivity index (χ1) is 9.56. The molecule has 2 rings (SSSR count). The van der Waals surface area contributed by atoms with Gasteiger partial charge in [-0.3, -0.25) is 0 Å². The van der Waals surface area contributed by atoms with Crippen molar-refractivity contribution in [1.82, 2.24) is 4.72 Å². The summed E-state index contributed by atoms with van der Waals surface area (Å²) in [6.45, 7) is 3.85. The number of fused-ring (bicyclic) bond motifs is 1. The van der Waals surface area contributed by atoms with Gasteiger partial charge in [-0.1, -0.05) is 6.07 Å². The average Bonchev–Trinajstić information content (AvgIpc) is 2.44. The molecule has 0 radical (unpaired) electrons. The van der Waals surface area contributed by atoms with E-state index in [1.165, 1.54) is 0 Å². The molecule has 1 aliphatic rings. The van der Waals surface area contributed by atoms with Gasteiger partial charge < -0.3 is 10.1 Å². The molecular formula is C14H22N2O3S. The van der Waals surface area contributed by atoms with E-state index < -0.39 is 10.0 Å². The molecule has 1 aliphatic heterocycles. The fourth-order valence-electron chi connectivity index (χ4n) is 2.47. The number of benzene rings is 1. The summed E-state index contributed by atoms with van der Waals surface area (Å²) in [4.78, 5) is 0.405. The standard InChI is InChI=1S/C14H22N2O3S/c1-11-6-7-13(12-5-3-8-15-14(11)12)20(17,18)16-9-4-10-19-2/h6-7,15-16H,3-5,8-10H2,1-2H3. The van der Waals surface area contributed by atoms with Crippen LogP contribution in [0, 0.1) is 6.92 Å². The van der Waals surface area contributed by atoms with Gasteiger partial charge in [-0.2, -0.15) is 0 Å². The fraction of sp³-hybridized carbons (Fsp3) is 0.571. The van der Waals surface area contributed by atoms with Crippen LogP contribution in [0.5, 0.6) is 0 Å². The van der Waals surface area contributed by atoms with Gasteiger partial charge in [0.2, 0.25) is 10.0 Å². The Kier molecular flexibility index (Phi) is 5.01. The Morgan fingerprint density at radius 2 is 2.20 bits per heavy atom. The van der Waals surface area contributed by atoms with Crippen LogP contribution >= 0.6 is 0 Å². The molecular weight excluding hydrogens is 276 g/mol. The van der Waals surface area contributed by atoms with Crippen LogP contribution in [0.3, 0.4) is 0 Å². The lowest BCUT2D eigenvalue weighted by atomic mass is 10.00. The molecule has 0 saturated carbocycles. The van der Waals surface area contributed by atoms with Crippen molar-refractivity contribution in [3.8, 4) is 0 Å². The number of hydrogen-bond donors (Lipinski definition) is 2. The summed E-state index contributed by atoms with van der Waals surface area (Å²) in [5, 5.41) is 3.31. The molecule has 0 aliphatic carbocycles. The largest absolute Gasteiger partial charge is 0.385 e. The number of anilines is 1. The van der Waals surface area contributed by atoms with Gasteiger partial charge in [0.25, 0.3) is 0 Å². The van der Waals surface area contributed by atoms with Crippen molar-refractivity contribution in [3.05, 3.63) is 23.3 Å². The number of rotatable bonds is 6. The third kappa shape index (κ3) is 3.31. The molecule has 0 spiro atoms. The highest BCUT2D eigenvalue weighted by atomic mass is 32.2. The van der Waals surface area contributed by atoms with Gasteiger partial charge in [0.05, 0.1) is 4.90 Å². The molecule has 0 amide bonds. The van der Waals surface area contributed by atoms with Crippen LogP contribution in [0.15, 0.2) is 17.0 Å². The molecule has 0 unspecified atom stereocenters. The van der Waals surface area contributed by atoms with E-state index in [1.807, 2.05) is 13.0 Å². The van der Waals surface area contributed by atoms with Gasteiger partial charge in [-0.05, 0) is 43.4 Å². The summed E-state index contributed by atoms with van der Waals surface area (Å²) in [6.07, 6.45) is 2.43. The number of sulfonamides is 1. The first-order valence-electron chi connectivity index (χ1n) is 6.91. The molecule has 1 aromatic carbocycles. The molecule has 1 heterocycles. The Labute approximate surface area is 120 Å². The van der Waals surface area contributed by atoms with Crippen molar-refractivity contribution in [2.45, 2.75) is 31.1 Å². The zero-order valence-corrected chi connectivity index (χ0v) is 12.8. The lowest BCUT2D eigenvalue weighted by Crippen LogP contribution is -2.27. The molecule has 0 bridgehead atoms. The van der Waals surface area contributed by atoms with Crippen molar-refractivity contribution in [3.63, 3.8) is 0 Å². The Morgan fingerprint density at radius 1 is 1.40 bits per heavy atom. The minimum absolute atomic E-state index is 0.395. The van der Waals surface area contributed by atoms with E-state index in [2.05, 4.69) is 10.0 Å². The van der Waals surface area contributed by atoms with E-state index in [-0.39, 0.29) is 0 Å². The first kappa shape index (κ1) is 15.3. The average molecular weight is 298 g/mol. The van der Waals surface area contributed by atoms with Crippen LogP contribution in [0.1, 0.15) is 24.0 Å². The van der Waals surface area contributed by atoms with Crippen LogP contribution in [0.2, 0.25) is 0 Å². The monoisotopic (exact) mass is 298 g/mol. The van der Waals surface area contributed by atoms with Crippen LogP contribution < -0.4 is 10.0 Å². The second-order valence-corrected chi connectivity index (χ2v) is 6.74. The lowest BCUT2D eigenvalue weighted by molar-refractivity contribution is 0.196. The van der Waals surface area contributed by atoms with E-state index in [4.69, 9.17) is 4.74 Å². The molecule has 112 valence electrons. The maximum absolute atomic E-state index is 12.4. The van der Waals surface area contributed by atoms with Gasteiger partial charge in [-0.15, -0.1) is 0 Å². The number of nitrogens with one attached hydrogen (secondary N) is 2. The van der Waals surface area contributed by atoms with Crippen molar-refractivity contribution in [1.29, 1.82) is 0 Å². The highest BCUT2D eigenvalue weighted by Crippen LogP contribution is 2.31. The predicted octanol–water partition coefficient (Wildman–Crippen LogP) is 1.67. The zero-order chi connectivity index (χ0) is 14.6. The normalized spacial score (nSPS) is 14.7. The van der Waals surface area contributed by atoms with Crippen LogP contribution in [0.4, 0.5) is 5.69 Å². The molecule has 6 heteroatoms. The Bertz CT molecular complexity index is 570. The van der Waals surface area contributed by atoms with E-state index >= 15 is 0 Å². The maximum Gasteiger partial charge on any atom is 0.240 e. The summed E-state index contributed by atoms with van der Waals surface area (Å²) in [5.74, 6) is 0. The second-order valence-electron chi connectivity index (χ2n) is 5.01. The number of methoxy groups -OCH3 is 1. The van der Waals surface area contributed by atoms with Crippen LogP contribution in [0.25, 0.3) is 0 Å². The summed E-state index contributed by atoms with van der Waals surface area (Å²) < 4.78 is 32.4. The second kappa shape index (κ2) is 6.56. The summed E-state index contributed by atoms with van der Waals surface area (Å²) in [5.41, 5.74) is 2.99. The molecule has 0 atom stereocenters. The molecule has 2 N–H and O–H groups in total. The fourth-order valence-corrected chi connectivity index (χ4v) is 3.82. The van der Waals surface area contributed by atoms with Crippen molar-refractivity contribution in [2.75, 3.05) is 32.1 Å². The number of aryl methyl sites for hydroxylation is 1. The quantitative estimate of drug-likeness (QED) is 0.784. The Morgan fingerprint density at radius 3 is 2.95 bits per heavy atom. The number of hydrogen-bond acceptors (Lipinski definition) is 4. The Hall–Kier alpha value is -1.11. The van der Waals surface area contributed by atoms with E-state index in [0.717, 1.165) is 36.2 Å². The Balaban J connectivity index is 2.23. The molecule has 1 aromatic rings. The minimum atomic E-state index is -3.44. The third-order valence-electron chi connectivity index (χ3n) is 3.49. The van der Waals surface area contributed by atoms with Gasteiger partial charge in [0.1, 0.15) is 0 Å². The van der Waals surface area contributed by atoms with Gasteiger partial charge in [0.15, 0.2) is 0 Å². The van der Waals surface area contributed by atoms with Crippen LogP contribution in [-0.2, 0) is 21.2 Å². The van der Waals surface area contributed by atoms with Crippen molar-refractivity contribution in [2.24, 2.45) is 0 Å². The maximum atomic E-state index is 12.4. The van der Waals surface area contributed by atoms with Crippen molar-refractivity contribution >= 4 is 15.7 Å². The summed E-state index contributed by atoms with van der Waals surface area (Å²) in [6, 6.07) is 3.57. The minimum Gasteiger partial charge on any atom is -0.385 e. The lowest BCUT2D eigenvalue weighted by Gasteiger charge is -2.23. The molecule has 20 heavy (non-hydrogen) atoms. The van der Waals surface area contributed by atoms with Crippen LogP contribution in [-0.4, -0.2) is 35.2 Å². The smallest absolute Gasteiger partial charge is 0.240 e. The van der Waals surface area contributed by atoms with Gasteiger partial charge in [-0.25, -0.2) is 13.1 Å². The zero-order valence-electron chi connectivity index (χ0n) is 12.0. The highest BCUT2D eigenvalue weighted by Gasteiger charge is 2.23. The molecule has 0 fully saturated rings. The number of ether oxygens (including phenoxy) is 1. The highest BCUT2D eigenvalue weighted by molar-refractivity contribution is 7.89. The molecule has 0 saturated heterocycles. The SMILES string of the molecule is COCCCNS(=O)(=O)c1ccc(C)c2c1CCCN2. The summed E-state index contributed by atoms with van der Waals surface area (Å²) >= 11 is 0. The van der Waals surface area contributed by atoms with Crippen molar-refractivity contribution < 1.29 is 13.2 Å². The topological polar surface area (TPSA) is 67.4 Å². The molecule has 0 aromatic heterocycles. The van der Waals surface area contributed by atoms with E-state index in [9.17, 15) is 8.42 Å². The van der Waals surface area contributed by atoms with E-state index in [1.54, 1.807) is 13.2 Å². The molecule has 5 nitrogen and oxygen atoms in total. The van der Waals surface area contributed by atoms with Gasteiger partial charge in [0, 0.05) is 32.5 Å². The van der Waals surface area contributed by atoms with E-state index in [0.29, 0.717) is 24.5 Å². The summed E-state index contributed by atoms with van der Waals surface area (Å²) in [7, 11) is -1.84. The predicted molar refractivity (Wildman–Crippen MR) is 79.7 cm³/mol. The first-order valence-corrected chi connectivity index (χ1v) is 8.39.